The summed E-state index contributed by atoms with van der Waals surface area (Å²) in [6, 6.07) is 12.2. The standard InChI is InChI=1S/C20H22ClNO4/c1-13-4-5-14(2)18(10-13)26-12-19(23)22-17(11-20(24)25-3)15-6-8-16(21)9-7-15/h4-10,17H,11-12H2,1-3H3,(H,22,23). The lowest BCUT2D eigenvalue weighted by Crippen LogP contribution is -2.34. The number of benzene rings is 2. The van der Waals surface area contributed by atoms with E-state index in [4.69, 9.17) is 21.1 Å². The fraction of sp³-hybridized carbons (Fsp3) is 0.300. The quantitative estimate of drug-likeness (QED) is 0.748. The first kappa shape index (κ1) is 19.8. The molecule has 0 fully saturated rings. The molecule has 1 amide bonds. The van der Waals surface area contributed by atoms with Crippen LogP contribution in [0, 0.1) is 13.8 Å². The predicted octanol–water partition coefficient (Wildman–Crippen LogP) is 3.76. The van der Waals surface area contributed by atoms with Crippen molar-refractivity contribution < 1.29 is 19.1 Å². The number of rotatable bonds is 7. The minimum atomic E-state index is -0.519. The highest BCUT2D eigenvalue weighted by molar-refractivity contribution is 6.30. The van der Waals surface area contributed by atoms with Crippen molar-refractivity contribution >= 4 is 23.5 Å². The molecule has 0 aliphatic carbocycles. The van der Waals surface area contributed by atoms with Crippen LogP contribution >= 0.6 is 11.6 Å². The first-order valence-corrected chi connectivity index (χ1v) is 8.58. The van der Waals surface area contributed by atoms with Gasteiger partial charge in [-0.05, 0) is 48.7 Å². The van der Waals surface area contributed by atoms with Gasteiger partial charge in [-0.15, -0.1) is 0 Å². The Labute approximate surface area is 158 Å². The molecule has 6 heteroatoms. The zero-order valence-electron chi connectivity index (χ0n) is 15.0. The average molecular weight is 376 g/mol. The van der Waals surface area contributed by atoms with Crippen LogP contribution in [-0.2, 0) is 14.3 Å². The summed E-state index contributed by atoms with van der Waals surface area (Å²) in [6.45, 7) is 3.73. The van der Waals surface area contributed by atoms with Crippen LogP contribution in [0.25, 0.3) is 0 Å². The molecule has 0 radical (unpaired) electrons. The van der Waals surface area contributed by atoms with Crippen LogP contribution in [0.1, 0.15) is 29.2 Å². The SMILES string of the molecule is COC(=O)CC(NC(=O)COc1cc(C)ccc1C)c1ccc(Cl)cc1. The van der Waals surface area contributed by atoms with Gasteiger partial charge in [-0.1, -0.05) is 35.9 Å². The number of ether oxygens (including phenoxy) is 2. The summed E-state index contributed by atoms with van der Waals surface area (Å²) >= 11 is 5.90. The van der Waals surface area contributed by atoms with Crippen molar-refractivity contribution in [3.8, 4) is 5.75 Å². The van der Waals surface area contributed by atoms with Crippen LogP contribution in [0.15, 0.2) is 42.5 Å². The van der Waals surface area contributed by atoms with Gasteiger partial charge in [0.05, 0.1) is 19.6 Å². The molecular formula is C20H22ClNO4. The molecule has 0 bridgehead atoms. The molecule has 0 aliphatic heterocycles. The first-order chi connectivity index (χ1) is 12.4. The molecule has 26 heavy (non-hydrogen) atoms. The van der Waals surface area contributed by atoms with Gasteiger partial charge < -0.3 is 14.8 Å². The molecule has 5 nitrogen and oxygen atoms in total. The van der Waals surface area contributed by atoms with Gasteiger partial charge in [-0.25, -0.2) is 0 Å². The van der Waals surface area contributed by atoms with Crippen LogP contribution < -0.4 is 10.1 Å². The molecule has 0 saturated heterocycles. The van der Waals surface area contributed by atoms with Gasteiger partial charge in [0.2, 0.25) is 0 Å². The molecule has 1 N–H and O–H groups in total. The number of carbonyl (C=O) groups excluding carboxylic acids is 2. The topological polar surface area (TPSA) is 64.6 Å². The Morgan fingerprint density at radius 3 is 2.46 bits per heavy atom. The van der Waals surface area contributed by atoms with Crippen molar-refractivity contribution in [3.63, 3.8) is 0 Å². The number of amides is 1. The third-order valence-corrected chi connectivity index (χ3v) is 4.16. The van der Waals surface area contributed by atoms with E-state index < -0.39 is 12.0 Å². The Hall–Kier alpha value is -2.53. The fourth-order valence-corrected chi connectivity index (χ4v) is 2.57. The molecule has 0 aliphatic rings. The first-order valence-electron chi connectivity index (χ1n) is 8.20. The summed E-state index contributed by atoms with van der Waals surface area (Å²) in [5.74, 6) is -0.0772. The molecule has 0 heterocycles. The van der Waals surface area contributed by atoms with Gasteiger partial charge in [0.1, 0.15) is 5.75 Å². The highest BCUT2D eigenvalue weighted by Gasteiger charge is 2.19. The zero-order valence-corrected chi connectivity index (χ0v) is 15.8. The highest BCUT2D eigenvalue weighted by atomic mass is 35.5. The van der Waals surface area contributed by atoms with Gasteiger partial charge in [0.25, 0.3) is 5.91 Å². The monoisotopic (exact) mass is 375 g/mol. The van der Waals surface area contributed by atoms with E-state index in [1.807, 2.05) is 32.0 Å². The maximum Gasteiger partial charge on any atom is 0.307 e. The Morgan fingerprint density at radius 2 is 1.81 bits per heavy atom. The maximum atomic E-state index is 12.3. The molecule has 138 valence electrons. The summed E-state index contributed by atoms with van der Waals surface area (Å²) in [4.78, 5) is 24.0. The van der Waals surface area contributed by atoms with Gasteiger partial charge >= 0.3 is 5.97 Å². The van der Waals surface area contributed by atoms with E-state index >= 15 is 0 Å². The highest BCUT2D eigenvalue weighted by Crippen LogP contribution is 2.21. The second-order valence-corrected chi connectivity index (χ2v) is 6.45. The molecular weight excluding hydrogens is 354 g/mol. The average Bonchev–Trinajstić information content (AvgIpc) is 2.62. The zero-order chi connectivity index (χ0) is 19.1. The number of hydrogen-bond acceptors (Lipinski definition) is 4. The van der Waals surface area contributed by atoms with Crippen LogP contribution in [0.4, 0.5) is 0 Å². The second kappa shape index (κ2) is 9.25. The Morgan fingerprint density at radius 1 is 1.12 bits per heavy atom. The minimum absolute atomic E-state index is 0.0212. The van der Waals surface area contributed by atoms with E-state index in [0.717, 1.165) is 16.7 Å². The lowest BCUT2D eigenvalue weighted by Gasteiger charge is -2.19. The molecule has 0 saturated carbocycles. The van der Waals surface area contributed by atoms with Crippen LogP contribution in [0.3, 0.4) is 0 Å². The van der Waals surface area contributed by atoms with Crippen LogP contribution in [0.2, 0.25) is 5.02 Å². The van der Waals surface area contributed by atoms with Crippen molar-refractivity contribution in [2.45, 2.75) is 26.3 Å². The molecule has 0 aromatic heterocycles. The van der Waals surface area contributed by atoms with E-state index in [-0.39, 0.29) is 18.9 Å². The summed E-state index contributed by atoms with van der Waals surface area (Å²) < 4.78 is 10.3. The predicted molar refractivity (Wildman–Crippen MR) is 100 cm³/mol. The number of halogens is 1. The maximum absolute atomic E-state index is 12.3. The normalized spacial score (nSPS) is 11.5. The lowest BCUT2D eigenvalue weighted by molar-refractivity contribution is -0.141. The number of hydrogen-bond donors (Lipinski definition) is 1. The summed E-state index contributed by atoms with van der Waals surface area (Å²) in [5.41, 5.74) is 2.77. The van der Waals surface area contributed by atoms with Crippen molar-refractivity contribution in [1.29, 1.82) is 0 Å². The number of methoxy groups -OCH3 is 1. The Bertz CT molecular complexity index is 774. The number of esters is 1. The molecule has 1 atom stereocenters. The third-order valence-electron chi connectivity index (χ3n) is 3.91. The summed E-state index contributed by atoms with van der Waals surface area (Å²) in [7, 11) is 1.31. The van der Waals surface area contributed by atoms with Crippen LogP contribution in [-0.4, -0.2) is 25.6 Å². The third kappa shape index (κ3) is 5.77. The second-order valence-electron chi connectivity index (χ2n) is 6.01. The van der Waals surface area contributed by atoms with Gasteiger partial charge in [-0.2, -0.15) is 0 Å². The summed E-state index contributed by atoms with van der Waals surface area (Å²) in [5, 5.41) is 3.39. The molecule has 2 aromatic carbocycles. The van der Waals surface area contributed by atoms with E-state index in [9.17, 15) is 9.59 Å². The molecule has 2 aromatic rings. The summed E-state index contributed by atoms with van der Waals surface area (Å²) in [6.07, 6.45) is 0.0212. The van der Waals surface area contributed by atoms with E-state index in [1.165, 1.54) is 7.11 Å². The molecule has 1 unspecified atom stereocenters. The van der Waals surface area contributed by atoms with Crippen LogP contribution in [0.5, 0.6) is 5.75 Å². The van der Waals surface area contributed by atoms with E-state index in [1.54, 1.807) is 24.3 Å². The van der Waals surface area contributed by atoms with Gasteiger partial charge in [0, 0.05) is 5.02 Å². The fourth-order valence-electron chi connectivity index (χ4n) is 2.44. The van der Waals surface area contributed by atoms with Gasteiger partial charge in [-0.3, -0.25) is 9.59 Å². The van der Waals surface area contributed by atoms with Gasteiger partial charge in [0.15, 0.2) is 6.61 Å². The number of aryl methyl sites for hydroxylation is 2. The number of carbonyl (C=O) groups is 2. The van der Waals surface area contributed by atoms with Crippen molar-refractivity contribution in [1.82, 2.24) is 5.32 Å². The minimum Gasteiger partial charge on any atom is -0.483 e. The van der Waals surface area contributed by atoms with E-state index in [0.29, 0.717) is 10.8 Å². The molecule has 2 rings (SSSR count). The molecule has 0 spiro atoms. The van der Waals surface area contributed by atoms with Crippen molar-refractivity contribution in [2.75, 3.05) is 13.7 Å². The van der Waals surface area contributed by atoms with Crippen molar-refractivity contribution in [2.24, 2.45) is 0 Å². The Kier molecular flexibility index (Phi) is 7.04. The van der Waals surface area contributed by atoms with Crippen molar-refractivity contribution in [3.05, 3.63) is 64.2 Å². The lowest BCUT2D eigenvalue weighted by atomic mass is 10.0. The Balaban J connectivity index is 2.04. The number of nitrogens with one attached hydrogen (secondary N) is 1. The van der Waals surface area contributed by atoms with E-state index in [2.05, 4.69) is 5.32 Å². The smallest absolute Gasteiger partial charge is 0.307 e. The largest absolute Gasteiger partial charge is 0.483 e.